The Bertz CT molecular complexity index is 141. The Kier molecular flexibility index (Phi) is 1.94. The molecule has 0 aromatic carbocycles. The van der Waals surface area contributed by atoms with Crippen LogP contribution in [-0.4, -0.2) is 23.2 Å². The molecule has 0 bridgehead atoms. The van der Waals surface area contributed by atoms with Crippen molar-refractivity contribution in [3.05, 3.63) is 0 Å². The van der Waals surface area contributed by atoms with Gasteiger partial charge in [0.2, 0.25) is 0 Å². The molecule has 1 saturated carbocycles. The summed E-state index contributed by atoms with van der Waals surface area (Å²) in [5.41, 5.74) is 0.123. The third kappa shape index (κ3) is 1.70. The van der Waals surface area contributed by atoms with Gasteiger partial charge in [0, 0.05) is 5.54 Å². The fourth-order valence-corrected chi connectivity index (χ4v) is 1.17. The predicted octanol–water partition coefficient (Wildman–Crippen LogP) is 0.603. The lowest BCUT2D eigenvalue weighted by atomic mass is 9.78. The summed E-state index contributed by atoms with van der Waals surface area (Å²) in [6.45, 7) is 2.16. The first-order chi connectivity index (χ1) is 4.62. The van der Waals surface area contributed by atoms with Crippen molar-refractivity contribution in [2.75, 3.05) is 6.54 Å². The van der Waals surface area contributed by atoms with E-state index < -0.39 is 5.97 Å². The molecule has 0 radical (unpaired) electrons. The van der Waals surface area contributed by atoms with Crippen LogP contribution in [0.15, 0.2) is 0 Å². The van der Waals surface area contributed by atoms with Crippen LogP contribution in [0.3, 0.4) is 0 Å². The van der Waals surface area contributed by atoms with Crippen LogP contribution in [0.4, 0.5) is 0 Å². The molecule has 10 heavy (non-hydrogen) atoms. The van der Waals surface area contributed by atoms with Gasteiger partial charge in [-0.15, -0.1) is 0 Å². The first-order valence-corrected chi connectivity index (χ1v) is 3.59. The molecule has 0 atom stereocenters. The van der Waals surface area contributed by atoms with Crippen molar-refractivity contribution in [1.29, 1.82) is 0 Å². The van der Waals surface area contributed by atoms with E-state index in [0.29, 0.717) is 0 Å². The van der Waals surface area contributed by atoms with Gasteiger partial charge in [0.15, 0.2) is 0 Å². The van der Waals surface area contributed by atoms with E-state index in [1.807, 2.05) is 0 Å². The van der Waals surface area contributed by atoms with Gasteiger partial charge in [-0.25, -0.2) is 0 Å². The zero-order valence-electron chi connectivity index (χ0n) is 6.18. The van der Waals surface area contributed by atoms with E-state index >= 15 is 0 Å². The molecule has 0 aromatic rings. The van der Waals surface area contributed by atoms with Gasteiger partial charge in [0.1, 0.15) is 0 Å². The van der Waals surface area contributed by atoms with Crippen LogP contribution in [0.2, 0.25) is 0 Å². The van der Waals surface area contributed by atoms with Gasteiger partial charge in [-0.3, -0.25) is 4.79 Å². The first kappa shape index (κ1) is 7.54. The maximum Gasteiger partial charge on any atom is 0.317 e. The third-order valence-corrected chi connectivity index (χ3v) is 2.12. The van der Waals surface area contributed by atoms with E-state index in [-0.39, 0.29) is 12.1 Å². The number of rotatable bonds is 3. The minimum Gasteiger partial charge on any atom is -0.480 e. The Labute approximate surface area is 60.4 Å². The molecule has 0 unspecified atom stereocenters. The number of carboxylic acids is 1. The van der Waals surface area contributed by atoms with Crippen molar-refractivity contribution in [1.82, 2.24) is 5.32 Å². The highest BCUT2D eigenvalue weighted by molar-refractivity contribution is 5.69. The molecule has 0 heterocycles. The molecular formula is C7H13NO2. The van der Waals surface area contributed by atoms with E-state index in [4.69, 9.17) is 5.11 Å². The molecule has 0 spiro atoms. The normalized spacial score (nSPS) is 21.7. The van der Waals surface area contributed by atoms with Crippen molar-refractivity contribution in [2.24, 2.45) is 0 Å². The van der Waals surface area contributed by atoms with Crippen LogP contribution >= 0.6 is 0 Å². The summed E-state index contributed by atoms with van der Waals surface area (Å²) in [7, 11) is 0. The Morgan fingerprint density at radius 3 is 2.60 bits per heavy atom. The molecule has 3 nitrogen and oxygen atoms in total. The SMILES string of the molecule is CC1(NCC(=O)O)CCC1. The molecule has 1 aliphatic carbocycles. The van der Waals surface area contributed by atoms with Crippen LogP contribution in [0, 0.1) is 0 Å². The Morgan fingerprint density at radius 2 is 2.30 bits per heavy atom. The second-order valence-corrected chi connectivity index (χ2v) is 3.16. The standard InChI is InChI=1S/C7H13NO2/c1-7(3-2-4-7)8-5-6(9)10/h8H,2-5H2,1H3,(H,9,10). The van der Waals surface area contributed by atoms with Gasteiger partial charge in [-0.05, 0) is 26.2 Å². The van der Waals surface area contributed by atoms with Crippen LogP contribution in [0.25, 0.3) is 0 Å². The number of carboxylic acid groups (broad SMARTS) is 1. The molecule has 58 valence electrons. The molecule has 1 aliphatic rings. The summed E-state index contributed by atoms with van der Waals surface area (Å²) in [4.78, 5) is 10.1. The van der Waals surface area contributed by atoms with E-state index in [0.717, 1.165) is 12.8 Å². The van der Waals surface area contributed by atoms with E-state index in [2.05, 4.69) is 12.2 Å². The Hall–Kier alpha value is -0.570. The van der Waals surface area contributed by atoms with Crippen molar-refractivity contribution in [3.63, 3.8) is 0 Å². The van der Waals surface area contributed by atoms with Gasteiger partial charge in [0.05, 0.1) is 6.54 Å². The third-order valence-electron chi connectivity index (χ3n) is 2.12. The monoisotopic (exact) mass is 143 g/mol. The number of carbonyl (C=O) groups is 1. The fourth-order valence-electron chi connectivity index (χ4n) is 1.17. The molecule has 0 aromatic heterocycles. The first-order valence-electron chi connectivity index (χ1n) is 3.59. The van der Waals surface area contributed by atoms with E-state index in [9.17, 15) is 4.79 Å². The van der Waals surface area contributed by atoms with Crippen molar-refractivity contribution >= 4 is 5.97 Å². The number of hydrogen-bond donors (Lipinski definition) is 2. The van der Waals surface area contributed by atoms with Gasteiger partial charge < -0.3 is 10.4 Å². The second-order valence-electron chi connectivity index (χ2n) is 3.16. The van der Waals surface area contributed by atoms with E-state index in [1.165, 1.54) is 6.42 Å². The highest BCUT2D eigenvalue weighted by atomic mass is 16.4. The van der Waals surface area contributed by atoms with E-state index in [1.54, 1.807) is 0 Å². The smallest absolute Gasteiger partial charge is 0.317 e. The molecule has 2 N–H and O–H groups in total. The summed E-state index contributed by atoms with van der Waals surface area (Å²) >= 11 is 0. The second kappa shape index (κ2) is 2.58. The van der Waals surface area contributed by atoms with Crippen LogP contribution in [0.1, 0.15) is 26.2 Å². The minimum atomic E-state index is -0.770. The zero-order valence-corrected chi connectivity index (χ0v) is 6.18. The van der Waals surface area contributed by atoms with Crippen LogP contribution in [0.5, 0.6) is 0 Å². The quantitative estimate of drug-likeness (QED) is 0.608. The number of aliphatic carboxylic acids is 1. The van der Waals surface area contributed by atoms with Crippen LogP contribution < -0.4 is 5.32 Å². The maximum absolute atomic E-state index is 10.1. The molecule has 0 saturated heterocycles. The van der Waals surface area contributed by atoms with Gasteiger partial charge >= 0.3 is 5.97 Å². The zero-order chi connectivity index (χ0) is 7.61. The van der Waals surface area contributed by atoms with Crippen molar-refractivity contribution < 1.29 is 9.90 Å². The lowest BCUT2D eigenvalue weighted by Gasteiger charge is -2.38. The molecule has 1 rings (SSSR count). The summed E-state index contributed by atoms with van der Waals surface area (Å²) in [5.74, 6) is -0.770. The van der Waals surface area contributed by atoms with Crippen LogP contribution in [-0.2, 0) is 4.79 Å². The Morgan fingerprint density at radius 1 is 1.70 bits per heavy atom. The average molecular weight is 143 g/mol. The number of nitrogens with one attached hydrogen (secondary N) is 1. The average Bonchev–Trinajstić information content (AvgIpc) is 1.79. The van der Waals surface area contributed by atoms with Gasteiger partial charge in [-0.2, -0.15) is 0 Å². The topological polar surface area (TPSA) is 49.3 Å². The summed E-state index contributed by atoms with van der Waals surface area (Å²) in [6, 6.07) is 0. The molecular weight excluding hydrogens is 130 g/mol. The highest BCUT2D eigenvalue weighted by Crippen LogP contribution is 2.30. The predicted molar refractivity (Wildman–Crippen MR) is 37.9 cm³/mol. The molecule has 0 aliphatic heterocycles. The maximum atomic E-state index is 10.1. The summed E-state index contributed by atoms with van der Waals surface area (Å²) < 4.78 is 0. The summed E-state index contributed by atoms with van der Waals surface area (Å²) in [6.07, 6.45) is 3.45. The van der Waals surface area contributed by atoms with Crippen molar-refractivity contribution in [3.8, 4) is 0 Å². The number of hydrogen-bond acceptors (Lipinski definition) is 2. The highest BCUT2D eigenvalue weighted by Gasteiger charge is 2.31. The minimum absolute atomic E-state index is 0.0938. The van der Waals surface area contributed by atoms with Crippen molar-refractivity contribution in [2.45, 2.75) is 31.7 Å². The molecule has 0 amide bonds. The van der Waals surface area contributed by atoms with Gasteiger partial charge in [0.25, 0.3) is 0 Å². The molecule has 3 heteroatoms. The lowest BCUT2D eigenvalue weighted by molar-refractivity contribution is -0.136. The largest absolute Gasteiger partial charge is 0.480 e. The lowest BCUT2D eigenvalue weighted by Crippen LogP contribution is -2.49. The Balaban J connectivity index is 2.18. The fraction of sp³-hybridized carbons (Fsp3) is 0.857. The molecule has 1 fully saturated rings. The summed E-state index contributed by atoms with van der Waals surface area (Å²) in [5, 5.41) is 11.3. The van der Waals surface area contributed by atoms with Gasteiger partial charge in [-0.1, -0.05) is 0 Å².